The van der Waals surface area contributed by atoms with E-state index in [9.17, 15) is 0 Å². The molecule has 3 nitrogen and oxygen atoms in total. The Hall–Kier alpha value is -2.34. The Labute approximate surface area is 158 Å². The van der Waals surface area contributed by atoms with Gasteiger partial charge in [0.05, 0.1) is 6.57 Å². The Kier molecular flexibility index (Phi) is 4.35. The van der Waals surface area contributed by atoms with E-state index < -0.39 is 0 Å². The standard InChI is InChI=1S/C23H30N3/c1-16-11-9-10-12-25(16)20-13-19(24-8)14-21(17(20)2)26-18(3)22(4,5)15-23(26,6)7/h9-14,18H,15H2,1-7H3/q+1/t18-/m1/s1. The van der Waals surface area contributed by atoms with Crippen LogP contribution >= 0.6 is 0 Å². The third-order valence-electron chi connectivity index (χ3n) is 6.11. The Balaban J connectivity index is 2.26. The maximum absolute atomic E-state index is 7.62. The molecule has 0 saturated carbocycles. The van der Waals surface area contributed by atoms with Gasteiger partial charge in [0, 0.05) is 48.0 Å². The highest BCUT2D eigenvalue weighted by molar-refractivity contribution is 5.70. The number of aromatic nitrogens is 1. The Morgan fingerprint density at radius 1 is 1.15 bits per heavy atom. The zero-order chi connectivity index (χ0) is 19.3. The van der Waals surface area contributed by atoms with E-state index in [1.807, 2.05) is 12.1 Å². The molecule has 26 heavy (non-hydrogen) atoms. The van der Waals surface area contributed by atoms with Crippen molar-refractivity contribution < 1.29 is 4.57 Å². The fourth-order valence-electron chi connectivity index (χ4n) is 4.79. The van der Waals surface area contributed by atoms with E-state index in [4.69, 9.17) is 6.57 Å². The van der Waals surface area contributed by atoms with E-state index in [2.05, 4.69) is 87.2 Å². The fraction of sp³-hybridized carbons (Fsp3) is 0.478. The summed E-state index contributed by atoms with van der Waals surface area (Å²) in [7, 11) is 0. The van der Waals surface area contributed by atoms with Crippen molar-refractivity contribution in [2.45, 2.75) is 66.5 Å². The van der Waals surface area contributed by atoms with Crippen molar-refractivity contribution in [1.29, 1.82) is 0 Å². The van der Waals surface area contributed by atoms with E-state index >= 15 is 0 Å². The molecular weight excluding hydrogens is 318 g/mol. The SMILES string of the molecule is [C-]#[N+]c1cc(N2[C@H](C)C(C)(C)CC2(C)C)c(C)c(-[n+]2ccccc2C)c1. The highest BCUT2D eigenvalue weighted by Crippen LogP contribution is 2.49. The summed E-state index contributed by atoms with van der Waals surface area (Å²) in [6, 6.07) is 10.7. The molecule has 1 aliphatic rings. The van der Waals surface area contributed by atoms with E-state index in [1.54, 1.807) is 0 Å². The van der Waals surface area contributed by atoms with Crippen LogP contribution < -0.4 is 9.47 Å². The van der Waals surface area contributed by atoms with Crippen molar-refractivity contribution in [1.82, 2.24) is 0 Å². The lowest BCUT2D eigenvalue weighted by Crippen LogP contribution is -2.44. The molecule has 136 valence electrons. The molecule has 3 rings (SSSR count). The van der Waals surface area contributed by atoms with Crippen LogP contribution in [0, 0.1) is 25.8 Å². The number of hydrogen-bond acceptors (Lipinski definition) is 1. The Bertz CT molecular complexity index is 887. The summed E-state index contributed by atoms with van der Waals surface area (Å²) in [4.78, 5) is 6.32. The van der Waals surface area contributed by atoms with Gasteiger partial charge in [-0.05, 0) is 45.6 Å². The fourth-order valence-corrected chi connectivity index (χ4v) is 4.79. The molecule has 0 unspecified atom stereocenters. The molecule has 1 saturated heterocycles. The van der Waals surface area contributed by atoms with Crippen molar-refractivity contribution in [3.8, 4) is 5.69 Å². The van der Waals surface area contributed by atoms with Gasteiger partial charge in [0.1, 0.15) is 0 Å². The lowest BCUT2D eigenvalue weighted by Gasteiger charge is -2.39. The molecule has 1 aromatic carbocycles. The average molecular weight is 349 g/mol. The molecule has 0 amide bonds. The molecule has 1 fully saturated rings. The van der Waals surface area contributed by atoms with Crippen LogP contribution in [0.25, 0.3) is 10.5 Å². The van der Waals surface area contributed by atoms with Crippen molar-refractivity contribution >= 4 is 11.4 Å². The van der Waals surface area contributed by atoms with Gasteiger partial charge in [-0.25, -0.2) is 4.85 Å². The van der Waals surface area contributed by atoms with Crippen LogP contribution in [0.2, 0.25) is 0 Å². The first-order valence-corrected chi connectivity index (χ1v) is 9.37. The molecule has 1 aromatic heterocycles. The molecule has 0 spiro atoms. The minimum Gasteiger partial charge on any atom is -0.364 e. The van der Waals surface area contributed by atoms with Gasteiger partial charge in [0.15, 0.2) is 17.6 Å². The Morgan fingerprint density at radius 2 is 1.85 bits per heavy atom. The number of rotatable bonds is 2. The zero-order valence-corrected chi connectivity index (χ0v) is 17.1. The van der Waals surface area contributed by atoms with Crippen molar-refractivity contribution in [2.24, 2.45) is 5.41 Å². The van der Waals surface area contributed by atoms with Crippen molar-refractivity contribution in [3.63, 3.8) is 0 Å². The number of anilines is 1. The maximum Gasteiger partial charge on any atom is 0.205 e. The number of hydrogen-bond donors (Lipinski definition) is 0. The van der Waals surface area contributed by atoms with Crippen molar-refractivity contribution in [2.75, 3.05) is 4.90 Å². The molecule has 0 aliphatic carbocycles. The van der Waals surface area contributed by atoms with E-state index in [1.165, 1.54) is 11.3 Å². The van der Waals surface area contributed by atoms with Gasteiger partial charge in [-0.15, -0.1) is 0 Å². The minimum absolute atomic E-state index is 0.0575. The highest BCUT2D eigenvalue weighted by Gasteiger charge is 2.49. The van der Waals surface area contributed by atoms with Gasteiger partial charge in [0.25, 0.3) is 0 Å². The molecule has 0 N–H and O–H groups in total. The monoisotopic (exact) mass is 348 g/mol. The van der Waals surface area contributed by atoms with Crippen LogP contribution in [0.15, 0.2) is 36.5 Å². The van der Waals surface area contributed by atoms with Gasteiger partial charge >= 0.3 is 0 Å². The summed E-state index contributed by atoms with van der Waals surface area (Å²) >= 11 is 0. The summed E-state index contributed by atoms with van der Waals surface area (Å²) < 4.78 is 2.19. The third-order valence-corrected chi connectivity index (χ3v) is 6.11. The first-order chi connectivity index (χ1) is 12.1. The lowest BCUT2D eigenvalue weighted by molar-refractivity contribution is -0.603. The molecule has 2 aromatic rings. The van der Waals surface area contributed by atoms with Crippen LogP contribution in [-0.4, -0.2) is 11.6 Å². The van der Waals surface area contributed by atoms with E-state index in [0.717, 1.165) is 17.8 Å². The van der Waals surface area contributed by atoms with Gasteiger partial charge in [-0.2, -0.15) is 4.57 Å². The second-order valence-electron chi connectivity index (χ2n) is 8.96. The van der Waals surface area contributed by atoms with Gasteiger partial charge in [-0.1, -0.05) is 19.9 Å². The second-order valence-corrected chi connectivity index (χ2v) is 8.96. The summed E-state index contributed by atoms with van der Waals surface area (Å²) in [6.07, 6.45) is 3.22. The van der Waals surface area contributed by atoms with Crippen LogP contribution in [0.5, 0.6) is 0 Å². The normalized spacial score (nSPS) is 20.8. The lowest BCUT2D eigenvalue weighted by atomic mass is 9.82. The van der Waals surface area contributed by atoms with E-state index in [-0.39, 0.29) is 11.0 Å². The molecule has 1 atom stereocenters. The smallest absolute Gasteiger partial charge is 0.205 e. The largest absolute Gasteiger partial charge is 0.364 e. The molecule has 1 aliphatic heterocycles. The van der Waals surface area contributed by atoms with Crippen LogP contribution in [0.4, 0.5) is 11.4 Å². The third kappa shape index (κ3) is 2.88. The maximum atomic E-state index is 7.62. The molecule has 0 radical (unpaired) electrons. The predicted octanol–water partition coefficient (Wildman–Crippen LogP) is 5.53. The first-order valence-electron chi connectivity index (χ1n) is 9.37. The summed E-state index contributed by atoms with van der Waals surface area (Å²) in [5, 5.41) is 0. The predicted molar refractivity (Wildman–Crippen MR) is 108 cm³/mol. The topological polar surface area (TPSA) is 11.5 Å². The average Bonchev–Trinajstić information content (AvgIpc) is 2.72. The van der Waals surface area contributed by atoms with Gasteiger partial charge in [0.2, 0.25) is 5.69 Å². The second kappa shape index (κ2) is 6.13. The molecular formula is C23H30N3+. The zero-order valence-electron chi connectivity index (χ0n) is 17.1. The van der Waals surface area contributed by atoms with Crippen LogP contribution in [0.1, 0.15) is 52.3 Å². The number of nitrogens with zero attached hydrogens (tertiary/aromatic N) is 3. The van der Waals surface area contributed by atoms with Crippen LogP contribution in [-0.2, 0) is 0 Å². The summed E-state index contributed by atoms with van der Waals surface area (Å²) in [5.74, 6) is 0. The highest BCUT2D eigenvalue weighted by atomic mass is 15.3. The summed E-state index contributed by atoms with van der Waals surface area (Å²) in [5.41, 5.74) is 5.67. The molecule has 0 bridgehead atoms. The van der Waals surface area contributed by atoms with Gasteiger partial charge < -0.3 is 4.90 Å². The number of benzene rings is 1. The molecule has 3 heteroatoms. The Morgan fingerprint density at radius 3 is 2.38 bits per heavy atom. The van der Waals surface area contributed by atoms with Crippen LogP contribution in [0.3, 0.4) is 0 Å². The first kappa shape index (κ1) is 18.5. The number of pyridine rings is 1. The summed E-state index contributed by atoms with van der Waals surface area (Å²) in [6.45, 7) is 23.6. The number of aryl methyl sites for hydroxylation is 1. The quantitative estimate of drug-likeness (QED) is 0.513. The van der Waals surface area contributed by atoms with E-state index in [0.29, 0.717) is 11.7 Å². The molecule has 2 heterocycles. The van der Waals surface area contributed by atoms with Crippen molar-refractivity contribution in [3.05, 3.63) is 59.2 Å². The minimum atomic E-state index is 0.0575. The van der Waals surface area contributed by atoms with Gasteiger partial charge in [-0.3, -0.25) is 0 Å².